The molecule has 1 N–H and O–H groups in total. The van der Waals surface area contributed by atoms with Crippen molar-refractivity contribution in [1.82, 2.24) is 10.2 Å². The number of nitrogens with zero attached hydrogens (tertiary/aromatic N) is 1. The summed E-state index contributed by atoms with van der Waals surface area (Å²) in [6, 6.07) is 7.71. The van der Waals surface area contributed by atoms with Gasteiger partial charge in [0.25, 0.3) is 0 Å². The summed E-state index contributed by atoms with van der Waals surface area (Å²) >= 11 is 3.40. The number of amides is 2. The van der Waals surface area contributed by atoms with Gasteiger partial charge >= 0.3 is 6.09 Å². The molecule has 0 aliphatic heterocycles. The summed E-state index contributed by atoms with van der Waals surface area (Å²) in [7, 11) is 0. The molecule has 140 valence electrons. The van der Waals surface area contributed by atoms with Crippen LogP contribution < -0.4 is 5.32 Å². The molecule has 0 aliphatic carbocycles. The number of halogens is 1. The van der Waals surface area contributed by atoms with Crippen molar-refractivity contribution in [1.29, 1.82) is 0 Å². The van der Waals surface area contributed by atoms with Gasteiger partial charge in [-0.25, -0.2) is 4.79 Å². The first-order valence-corrected chi connectivity index (χ1v) is 9.29. The fourth-order valence-electron chi connectivity index (χ4n) is 2.23. The smallest absolute Gasteiger partial charge is 0.410 e. The summed E-state index contributed by atoms with van der Waals surface area (Å²) in [5.41, 5.74) is -0.242. The van der Waals surface area contributed by atoms with Crippen molar-refractivity contribution in [3.63, 3.8) is 0 Å². The lowest BCUT2D eigenvalue weighted by Gasteiger charge is -2.28. The number of carbonyl (C=O) groups excluding carboxylic acids is 2. The van der Waals surface area contributed by atoms with Gasteiger partial charge in [0, 0.05) is 24.1 Å². The van der Waals surface area contributed by atoms with E-state index in [1.54, 1.807) is 4.90 Å². The zero-order valence-corrected chi connectivity index (χ0v) is 17.6. The highest BCUT2D eigenvalue weighted by molar-refractivity contribution is 9.10. The molecule has 0 bridgehead atoms. The molecule has 0 saturated carbocycles. The van der Waals surface area contributed by atoms with Crippen molar-refractivity contribution in [2.24, 2.45) is 0 Å². The molecule has 0 fully saturated rings. The van der Waals surface area contributed by atoms with Gasteiger partial charge in [-0.05, 0) is 59.2 Å². The van der Waals surface area contributed by atoms with E-state index >= 15 is 0 Å². The lowest BCUT2D eigenvalue weighted by molar-refractivity contribution is -0.125. The van der Waals surface area contributed by atoms with Gasteiger partial charge in [0.1, 0.15) is 5.60 Å². The maximum absolute atomic E-state index is 12.6. The fourth-order valence-corrected chi connectivity index (χ4v) is 2.49. The molecule has 0 aliphatic rings. The van der Waals surface area contributed by atoms with E-state index in [9.17, 15) is 9.59 Å². The molecule has 0 spiro atoms. The standard InChI is InChI=1S/C19H29BrN2O3/c1-7-22(17(24)25-18(2,3)4)13-12-21-16(23)19(5,6)14-8-10-15(20)11-9-14/h8-11H,7,12-13H2,1-6H3,(H,21,23). The molecule has 1 aromatic rings. The number of hydrogen-bond donors (Lipinski definition) is 1. The summed E-state index contributed by atoms with van der Waals surface area (Å²) < 4.78 is 6.34. The van der Waals surface area contributed by atoms with Gasteiger partial charge in [-0.3, -0.25) is 4.79 Å². The van der Waals surface area contributed by atoms with Gasteiger partial charge in [-0.1, -0.05) is 28.1 Å². The van der Waals surface area contributed by atoms with Gasteiger partial charge in [-0.15, -0.1) is 0 Å². The molecule has 6 heteroatoms. The first-order valence-electron chi connectivity index (χ1n) is 8.49. The second kappa shape index (κ2) is 8.70. The Bertz CT molecular complexity index is 592. The van der Waals surface area contributed by atoms with E-state index in [-0.39, 0.29) is 12.0 Å². The lowest BCUT2D eigenvalue weighted by Crippen LogP contribution is -2.45. The summed E-state index contributed by atoms with van der Waals surface area (Å²) in [6.07, 6.45) is -0.364. The predicted molar refractivity (Wildman–Crippen MR) is 104 cm³/mol. The second-order valence-electron chi connectivity index (χ2n) is 7.45. The largest absolute Gasteiger partial charge is 0.444 e. The molecule has 0 heterocycles. The fraction of sp³-hybridized carbons (Fsp3) is 0.579. The summed E-state index contributed by atoms with van der Waals surface area (Å²) in [5.74, 6) is -0.0740. The van der Waals surface area contributed by atoms with Crippen LogP contribution in [0.15, 0.2) is 28.7 Å². The minimum atomic E-state index is -0.649. The molecular formula is C19H29BrN2O3. The average molecular weight is 413 g/mol. The van der Waals surface area contributed by atoms with Crippen LogP contribution in [0.2, 0.25) is 0 Å². The molecule has 25 heavy (non-hydrogen) atoms. The van der Waals surface area contributed by atoms with E-state index in [1.807, 2.05) is 65.8 Å². The Kier molecular flexibility index (Phi) is 7.47. The molecule has 0 radical (unpaired) electrons. The summed E-state index contributed by atoms with van der Waals surface area (Å²) in [5, 5.41) is 2.92. The summed E-state index contributed by atoms with van der Waals surface area (Å²) in [4.78, 5) is 26.2. The van der Waals surface area contributed by atoms with Crippen LogP contribution in [0.1, 0.15) is 47.1 Å². The third-order valence-corrected chi connectivity index (χ3v) is 4.36. The first kappa shape index (κ1) is 21.5. The summed E-state index contributed by atoms with van der Waals surface area (Å²) in [6.45, 7) is 12.5. The highest BCUT2D eigenvalue weighted by Crippen LogP contribution is 2.25. The SMILES string of the molecule is CCN(CCNC(=O)C(C)(C)c1ccc(Br)cc1)C(=O)OC(C)(C)C. The van der Waals surface area contributed by atoms with Crippen molar-refractivity contribution in [2.45, 2.75) is 52.6 Å². The van der Waals surface area contributed by atoms with E-state index in [4.69, 9.17) is 4.74 Å². The van der Waals surface area contributed by atoms with Crippen LogP contribution in [-0.4, -0.2) is 42.1 Å². The molecule has 0 atom stereocenters. The van der Waals surface area contributed by atoms with Gasteiger partial charge in [0.2, 0.25) is 5.91 Å². The normalized spacial score (nSPS) is 11.8. The molecular weight excluding hydrogens is 384 g/mol. The Morgan fingerprint density at radius 1 is 1.12 bits per heavy atom. The van der Waals surface area contributed by atoms with Crippen LogP contribution in [-0.2, 0) is 14.9 Å². The molecule has 5 nitrogen and oxygen atoms in total. The van der Waals surface area contributed by atoms with E-state index in [0.29, 0.717) is 19.6 Å². The third kappa shape index (κ3) is 6.69. The molecule has 2 amide bonds. The third-order valence-electron chi connectivity index (χ3n) is 3.83. The monoisotopic (exact) mass is 412 g/mol. The second-order valence-corrected chi connectivity index (χ2v) is 8.36. The number of benzene rings is 1. The van der Waals surface area contributed by atoms with Crippen LogP contribution in [0.25, 0.3) is 0 Å². The highest BCUT2D eigenvalue weighted by Gasteiger charge is 2.29. The number of carbonyl (C=O) groups is 2. The lowest BCUT2D eigenvalue weighted by atomic mass is 9.84. The zero-order valence-electron chi connectivity index (χ0n) is 16.0. The van der Waals surface area contributed by atoms with Crippen LogP contribution in [0.4, 0.5) is 4.79 Å². The van der Waals surface area contributed by atoms with Gasteiger partial charge in [0.05, 0.1) is 5.41 Å². The maximum Gasteiger partial charge on any atom is 0.410 e. The zero-order chi connectivity index (χ0) is 19.3. The Labute approximate surface area is 159 Å². The van der Waals surface area contributed by atoms with E-state index < -0.39 is 11.0 Å². The predicted octanol–water partition coefficient (Wildman–Crippen LogP) is 4.10. The Morgan fingerprint density at radius 2 is 1.68 bits per heavy atom. The van der Waals surface area contributed by atoms with Crippen molar-refractivity contribution < 1.29 is 14.3 Å². The Morgan fingerprint density at radius 3 is 2.16 bits per heavy atom. The quantitative estimate of drug-likeness (QED) is 0.764. The van der Waals surface area contributed by atoms with Crippen molar-refractivity contribution in [2.75, 3.05) is 19.6 Å². The minimum Gasteiger partial charge on any atom is -0.444 e. The topological polar surface area (TPSA) is 58.6 Å². The average Bonchev–Trinajstić information content (AvgIpc) is 2.49. The molecule has 0 unspecified atom stereocenters. The van der Waals surface area contributed by atoms with Crippen molar-refractivity contribution in [3.8, 4) is 0 Å². The van der Waals surface area contributed by atoms with Crippen molar-refractivity contribution in [3.05, 3.63) is 34.3 Å². The number of likely N-dealkylation sites (N-methyl/N-ethyl adjacent to an activating group) is 1. The van der Waals surface area contributed by atoms with Crippen LogP contribution >= 0.6 is 15.9 Å². The minimum absolute atomic E-state index is 0.0740. The first-order chi connectivity index (χ1) is 11.5. The molecule has 1 rings (SSSR count). The van der Waals surface area contributed by atoms with Gasteiger partial charge in [0.15, 0.2) is 0 Å². The van der Waals surface area contributed by atoms with E-state index in [1.165, 1.54) is 0 Å². The molecule has 0 aromatic heterocycles. The van der Waals surface area contributed by atoms with Gasteiger partial charge < -0.3 is 15.0 Å². The number of hydrogen-bond acceptors (Lipinski definition) is 3. The van der Waals surface area contributed by atoms with Crippen molar-refractivity contribution >= 4 is 27.9 Å². The van der Waals surface area contributed by atoms with Crippen LogP contribution in [0.3, 0.4) is 0 Å². The molecule has 0 saturated heterocycles. The van der Waals surface area contributed by atoms with Crippen LogP contribution in [0.5, 0.6) is 0 Å². The number of nitrogens with one attached hydrogen (secondary N) is 1. The highest BCUT2D eigenvalue weighted by atomic mass is 79.9. The Balaban J connectivity index is 2.60. The van der Waals surface area contributed by atoms with E-state index in [2.05, 4.69) is 21.2 Å². The van der Waals surface area contributed by atoms with Crippen LogP contribution in [0, 0.1) is 0 Å². The number of rotatable bonds is 6. The maximum atomic E-state index is 12.6. The number of ether oxygens (including phenoxy) is 1. The van der Waals surface area contributed by atoms with E-state index in [0.717, 1.165) is 10.0 Å². The Hall–Kier alpha value is -1.56. The van der Waals surface area contributed by atoms with Gasteiger partial charge in [-0.2, -0.15) is 0 Å². The molecule has 1 aromatic carbocycles.